The first kappa shape index (κ1) is 18.0. The summed E-state index contributed by atoms with van der Waals surface area (Å²) in [5.41, 5.74) is 1.31. The maximum atomic E-state index is 12.4. The van der Waals surface area contributed by atoms with E-state index in [-0.39, 0.29) is 17.8 Å². The lowest BCUT2D eigenvalue weighted by atomic mass is 10.2. The Morgan fingerprint density at radius 2 is 2.21 bits per heavy atom. The number of benzene rings is 1. The average molecular weight is 370 g/mol. The number of aromatic nitrogens is 3. The molecule has 2 aromatic rings. The summed E-state index contributed by atoms with van der Waals surface area (Å²) < 4.78 is 19.5. The van der Waals surface area contributed by atoms with Gasteiger partial charge in [0, 0.05) is 17.3 Å². The van der Waals surface area contributed by atoms with E-state index >= 15 is 0 Å². The van der Waals surface area contributed by atoms with Crippen LogP contribution in [0.4, 0.5) is 16.4 Å². The molecule has 0 saturated carbocycles. The summed E-state index contributed by atoms with van der Waals surface area (Å²) in [6.07, 6.45) is 1.97. The third-order valence-electron chi connectivity index (χ3n) is 2.61. The van der Waals surface area contributed by atoms with E-state index in [1.807, 2.05) is 0 Å². The minimum atomic E-state index is -2.74. The number of anilines is 2. The first-order valence-electron chi connectivity index (χ1n) is 6.88. The van der Waals surface area contributed by atoms with Crippen LogP contribution in [0.2, 0.25) is 5.28 Å². The van der Waals surface area contributed by atoms with E-state index in [0.29, 0.717) is 11.3 Å². The SMILES string of the molecule is CCOC(=O)NS(C)(=O)=Cc1cccc(Nc2ncnc(Cl)n2)c1. The molecular formula is C14H16ClN5O3S. The van der Waals surface area contributed by atoms with Crippen molar-refractivity contribution in [2.75, 3.05) is 18.2 Å². The molecule has 1 unspecified atom stereocenters. The average Bonchev–Trinajstić information content (AvgIpc) is 2.46. The van der Waals surface area contributed by atoms with Gasteiger partial charge in [0.05, 0.1) is 16.3 Å². The molecule has 0 aliphatic rings. The number of rotatable bonds is 5. The lowest BCUT2D eigenvalue weighted by molar-refractivity contribution is 0.159. The Kier molecular flexibility index (Phi) is 5.93. The highest BCUT2D eigenvalue weighted by molar-refractivity contribution is 7.99. The second-order valence-electron chi connectivity index (χ2n) is 4.67. The largest absolute Gasteiger partial charge is 0.449 e. The first-order chi connectivity index (χ1) is 11.4. The van der Waals surface area contributed by atoms with Gasteiger partial charge in [-0.15, -0.1) is 0 Å². The van der Waals surface area contributed by atoms with Crippen molar-refractivity contribution in [3.63, 3.8) is 0 Å². The fourth-order valence-corrected chi connectivity index (χ4v) is 3.01. The minimum absolute atomic E-state index is 0.0745. The molecule has 0 fully saturated rings. The molecule has 1 atom stereocenters. The number of nitrogens with one attached hydrogen (secondary N) is 2. The van der Waals surface area contributed by atoms with E-state index in [1.54, 1.807) is 31.2 Å². The summed E-state index contributed by atoms with van der Waals surface area (Å²) in [6, 6.07) is 7.03. The van der Waals surface area contributed by atoms with Gasteiger partial charge in [0.1, 0.15) is 6.33 Å². The van der Waals surface area contributed by atoms with Gasteiger partial charge in [-0.1, -0.05) is 12.1 Å². The van der Waals surface area contributed by atoms with Crippen LogP contribution in [0.1, 0.15) is 12.5 Å². The predicted molar refractivity (Wildman–Crippen MR) is 94.0 cm³/mol. The van der Waals surface area contributed by atoms with Crippen LogP contribution in [0.25, 0.3) is 0 Å². The number of amides is 1. The molecule has 0 radical (unpaired) electrons. The lowest BCUT2D eigenvalue weighted by Crippen LogP contribution is -2.31. The van der Waals surface area contributed by atoms with E-state index in [1.165, 1.54) is 18.0 Å². The summed E-state index contributed by atoms with van der Waals surface area (Å²) in [4.78, 5) is 23.0. The number of carbonyl (C=O) groups is 1. The molecule has 0 spiro atoms. The summed E-state index contributed by atoms with van der Waals surface area (Å²) in [5.74, 6) is 0.286. The smallest absolute Gasteiger partial charge is 0.418 e. The van der Waals surface area contributed by atoms with E-state index in [0.717, 1.165) is 0 Å². The maximum absolute atomic E-state index is 12.4. The third kappa shape index (κ3) is 5.67. The molecule has 24 heavy (non-hydrogen) atoms. The summed E-state index contributed by atoms with van der Waals surface area (Å²) >= 11 is 5.71. The van der Waals surface area contributed by atoms with Crippen LogP contribution in [0.15, 0.2) is 30.6 Å². The summed E-state index contributed by atoms with van der Waals surface area (Å²) in [5, 5.41) is 4.49. The van der Waals surface area contributed by atoms with E-state index in [4.69, 9.17) is 16.3 Å². The van der Waals surface area contributed by atoms with Crippen molar-refractivity contribution in [2.45, 2.75) is 6.92 Å². The van der Waals surface area contributed by atoms with Crippen LogP contribution in [0.5, 0.6) is 0 Å². The van der Waals surface area contributed by atoms with Gasteiger partial charge in [-0.2, -0.15) is 4.98 Å². The van der Waals surface area contributed by atoms with Crippen LogP contribution in [0.3, 0.4) is 0 Å². The molecule has 0 aliphatic carbocycles. The highest BCUT2D eigenvalue weighted by Gasteiger charge is 2.07. The molecule has 8 nitrogen and oxygen atoms in total. The van der Waals surface area contributed by atoms with Gasteiger partial charge < -0.3 is 10.1 Å². The van der Waals surface area contributed by atoms with Crippen molar-refractivity contribution < 1.29 is 13.7 Å². The monoisotopic (exact) mass is 369 g/mol. The molecule has 128 valence electrons. The molecule has 2 N–H and O–H groups in total. The number of hydrogen-bond acceptors (Lipinski definition) is 7. The lowest BCUT2D eigenvalue weighted by Gasteiger charge is -2.09. The zero-order valence-corrected chi connectivity index (χ0v) is 14.6. The quantitative estimate of drug-likeness (QED) is 0.776. The van der Waals surface area contributed by atoms with Crippen molar-refractivity contribution in [2.24, 2.45) is 0 Å². The van der Waals surface area contributed by atoms with Crippen LogP contribution < -0.4 is 10.0 Å². The summed E-state index contributed by atoms with van der Waals surface area (Å²) in [6.45, 7) is 1.87. The van der Waals surface area contributed by atoms with E-state index in [2.05, 4.69) is 25.0 Å². The molecule has 0 bridgehead atoms. The van der Waals surface area contributed by atoms with Crippen molar-refractivity contribution in [3.05, 3.63) is 41.4 Å². The molecule has 10 heteroatoms. The highest BCUT2D eigenvalue weighted by Crippen LogP contribution is 2.14. The number of halogens is 1. The fraction of sp³-hybridized carbons (Fsp3) is 0.214. The third-order valence-corrected chi connectivity index (χ3v) is 4.08. The second kappa shape index (κ2) is 7.93. The van der Waals surface area contributed by atoms with Crippen molar-refractivity contribution >= 4 is 44.4 Å². The van der Waals surface area contributed by atoms with Crippen molar-refractivity contribution in [1.82, 2.24) is 19.7 Å². The van der Waals surface area contributed by atoms with Gasteiger partial charge in [0.25, 0.3) is 0 Å². The van der Waals surface area contributed by atoms with Gasteiger partial charge >= 0.3 is 6.09 Å². The Labute approximate surface area is 144 Å². The Bertz CT molecular complexity index is 852. The molecule has 2 rings (SSSR count). The first-order valence-corrected chi connectivity index (χ1v) is 9.29. The molecule has 1 aromatic heterocycles. The predicted octanol–water partition coefficient (Wildman–Crippen LogP) is 1.99. The van der Waals surface area contributed by atoms with E-state index < -0.39 is 15.8 Å². The Hall–Kier alpha value is -2.39. The standard InChI is InChI=1S/C14H16ClN5O3S/c1-3-23-14(21)20-24(2,22)8-10-5-4-6-11(7-10)18-13-17-9-16-12(15)19-13/h4-9H,3H2,1-2H3,(H,20,21,22)(H,16,17,18,19). The fourth-order valence-electron chi connectivity index (χ4n) is 1.77. The number of carbonyl (C=O) groups excluding carboxylic acids is 1. The van der Waals surface area contributed by atoms with Crippen LogP contribution in [-0.2, 0) is 14.4 Å². The number of ether oxygens (including phenoxy) is 1. The topological polar surface area (TPSA) is 106 Å². The van der Waals surface area contributed by atoms with Gasteiger partial charge in [-0.05, 0) is 36.2 Å². The van der Waals surface area contributed by atoms with Crippen LogP contribution in [-0.4, -0.2) is 43.5 Å². The molecule has 0 aliphatic heterocycles. The number of hydrogen-bond donors (Lipinski definition) is 2. The van der Waals surface area contributed by atoms with Crippen molar-refractivity contribution in [1.29, 1.82) is 0 Å². The van der Waals surface area contributed by atoms with Crippen LogP contribution >= 0.6 is 11.6 Å². The van der Waals surface area contributed by atoms with Gasteiger partial charge in [-0.3, -0.25) is 0 Å². The molecule has 1 amide bonds. The van der Waals surface area contributed by atoms with Gasteiger partial charge in [-0.25, -0.2) is 23.7 Å². The molecular weight excluding hydrogens is 354 g/mol. The normalized spacial score (nSPS) is 12.8. The Balaban J connectivity index is 2.19. The second-order valence-corrected chi connectivity index (χ2v) is 7.26. The van der Waals surface area contributed by atoms with Gasteiger partial charge in [0.15, 0.2) is 0 Å². The van der Waals surface area contributed by atoms with Gasteiger partial charge in [0.2, 0.25) is 11.2 Å². The summed E-state index contributed by atoms with van der Waals surface area (Å²) in [7, 11) is -2.74. The zero-order chi connectivity index (χ0) is 17.6. The number of nitrogens with zero attached hydrogens (tertiary/aromatic N) is 3. The minimum Gasteiger partial charge on any atom is -0.449 e. The Morgan fingerprint density at radius 1 is 1.42 bits per heavy atom. The Morgan fingerprint density at radius 3 is 2.92 bits per heavy atom. The molecule has 1 heterocycles. The highest BCUT2D eigenvalue weighted by atomic mass is 35.5. The zero-order valence-electron chi connectivity index (χ0n) is 13.0. The molecule has 0 saturated heterocycles. The maximum Gasteiger partial charge on any atom is 0.418 e. The van der Waals surface area contributed by atoms with E-state index in [9.17, 15) is 9.00 Å². The van der Waals surface area contributed by atoms with Crippen molar-refractivity contribution in [3.8, 4) is 0 Å². The molecule has 1 aromatic carbocycles. The van der Waals surface area contributed by atoms with Crippen LogP contribution in [0, 0.1) is 0 Å².